The molecule has 196 valence electrons. The summed E-state index contributed by atoms with van der Waals surface area (Å²) in [6, 6.07) is 9.08. The molecular formula is C26H32O9S. The number of ether oxygens (including phenoxy) is 4. The summed E-state index contributed by atoms with van der Waals surface area (Å²) < 4.78 is 20.5. The zero-order valence-electron chi connectivity index (χ0n) is 20.9. The van der Waals surface area contributed by atoms with Gasteiger partial charge in [-0.3, -0.25) is 19.2 Å². The van der Waals surface area contributed by atoms with E-state index < -0.39 is 46.9 Å². The third-order valence-corrected chi connectivity index (χ3v) is 6.92. The van der Waals surface area contributed by atoms with E-state index >= 15 is 0 Å². The number of thioether (sulfide) groups is 1. The molecule has 2 atom stereocenters. The highest BCUT2D eigenvalue weighted by molar-refractivity contribution is 8.03. The average molecular weight is 521 g/mol. The number of hydrogen-bond donors (Lipinski definition) is 0. The number of hydrogen-bond acceptors (Lipinski definition) is 10. The maximum absolute atomic E-state index is 13.4. The topological polar surface area (TPSA) is 122 Å². The molecule has 1 aliphatic carbocycles. The summed E-state index contributed by atoms with van der Waals surface area (Å²) in [5.74, 6) is -6.35. The number of allylic oxidation sites excluding steroid dienone is 1. The van der Waals surface area contributed by atoms with Gasteiger partial charge in [0, 0.05) is 23.3 Å². The smallest absolute Gasteiger partial charge is 0.331 e. The van der Waals surface area contributed by atoms with E-state index in [4.69, 9.17) is 18.9 Å². The Labute approximate surface area is 214 Å². The molecule has 0 saturated heterocycles. The summed E-state index contributed by atoms with van der Waals surface area (Å²) in [6.45, 7) is 4.75. The quantitative estimate of drug-likeness (QED) is 0.141. The predicted molar refractivity (Wildman–Crippen MR) is 131 cm³/mol. The Kier molecular flexibility index (Phi) is 11.2. The predicted octanol–water partition coefficient (Wildman–Crippen LogP) is 3.50. The second-order valence-electron chi connectivity index (χ2n) is 7.97. The highest BCUT2D eigenvalue weighted by atomic mass is 32.2. The van der Waals surface area contributed by atoms with E-state index in [0.717, 1.165) is 4.90 Å². The number of rotatable bonds is 11. The SMILES string of the molecule is CCOC(=O)C1C(=O)CCC(C(=O)OCC)(C(=O)OCC)C1C/C(=C\C(=O)OC)Sc1ccccc1. The molecule has 0 amide bonds. The third kappa shape index (κ3) is 6.75. The van der Waals surface area contributed by atoms with Crippen molar-refractivity contribution < 1.29 is 42.9 Å². The van der Waals surface area contributed by atoms with Gasteiger partial charge in [0.25, 0.3) is 0 Å². The van der Waals surface area contributed by atoms with E-state index in [2.05, 4.69) is 0 Å². The maximum atomic E-state index is 13.4. The highest BCUT2D eigenvalue weighted by Gasteiger charge is 2.62. The molecule has 0 aromatic heterocycles. The van der Waals surface area contributed by atoms with Crippen molar-refractivity contribution in [2.24, 2.45) is 17.3 Å². The maximum Gasteiger partial charge on any atom is 0.331 e. The number of ketones is 1. The summed E-state index contributed by atoms with van der Waals surface area (Å²) in [4.78, 5) is 66.2. The first kappa shape index (κ1) is 29.1. The summed E-state index contributed by atoms with van der Waals surface area (Å²) in [6.07, 6.45) is 0.673. The molecule has 1 aliphatic rings. The van der Waals surface area contributed by atoms with Gasteiger partial charge in [0.2, 0.25) is 0 Å². The number of methoxy groups -OCH3 is 1. The second kappa shape index (κ2) is 13.8. The highest BCUT2D eigenvalue weighted by Crippen LogP contribution is 2.50. The van der Waals surface area contributed by atoms with Gasteiger partial charge in [-0.05, 0) is 50.7 Å². The first-order valence-corrected chi connectivity index (χ1v) is 12.6. The molecule has 1 fully saturated rings. The molecular weight excluding hydrogens is 488 g/mol. The number of Topliss-reactive ketones (excluding diaryl/α,β-unsaturated/α-hetero) is 1. The molecule has 1 aromatic carbocycles. The minimum Gasteiger partial charge on any atom is -0.466 e. The van der Waals surface area contributed by atoms with Crippen LogP contribution in [0.25, 0.3) is 0 Å². The van der Waals surface area contributed by atoms with Gasteiger partial charge >= 0.3 is 23.9 Å². The summed E-state index contributed by atoms with van der Waals surface area (Å²) in [5.41, 5.74) is -1.94. The van der Waals surface area contributed by atoms with Gasteiger partial charge in [-0.15, -0.1) is 0 Å². The van der Waals surface area contributed by atoms with Crippen LogP contribution in [0, 0.1) is 17.3 Å². The Morgan fingerprint density at radius 1 is 0.972 bits per heavy atom. The Morgan fingerprint density at radius 2 is 1.56 bits per heavy atom. The first-order valence-electron chi connectivity index (χ1n) is 11.8. The molecule has 2 unspecified atom stereocenters. The fraction of sp³-hybridized carbons (Fsp3) is 0.500. The lowest BCUT2D eigenvalue weighted by atomic mass is 9.59. The van der Waals surface area contributed by atoms with Crippen molar-refractivity contribution in [2.45, 2.75) is 44.9 Å². The van der Waals surface area contributed by atoms with E-state index in [1.54, 1.807) is 20.8 Å². The molecule has 0 heterocycles. The number of benzene rings is 1. The number of carbonyl (C=O) groups is 5. The van der Waals surface area contributed by atoms with Crippen LogP contribution in [0.3, 0.4) is 0 Å². The molecule has 9 nitrogen and oxygen atoms in total. The van der Waals surface area contributed by atoms with Gasteiger partial charge in [-0.2, -0.15) is 0 Å². The second-order valence-corrected chi connectivity index (χ2v) is 9.17. The summed E-state index contributed by atoms with van der Waals surface area (Å²) in [5, 5.41) is 0. The van der Waals surface area contributed by atoms with Crippen LogP contribution in [0.5, 0.6) is 0 Å². The van der Waals surface area contributed by atoms with E-state index in [9.17, 15) is 24.0 Å². The standard InChI is InChI=1S/C26H32O9S/c1-5-33-23(29)22-19(15-18(16-21(28)32-4)36-17-11-9-8-10-12-17)26(14-13-20(22)27,24(30)34-6-2)25(31)35-7-3/h8-12,16,19,22H,5-7,13-15H2,1-4H3/b18-16+. The lowest BCUT2D eigenvalue weighted by Gasteiger charge is -2.42. The van der Waals surface area contributed by atoms with E-state index in [1.807, 2.05) is 30.3 Å². The lowest BCUT2D eigenvalue weighted by molar-refractivity contribution is -0.185. The molecule has 0 aliphatic heterocycles. The van der Waals surface area contributed by atoms with Gasteiger partial charge < -0.3 is 18.9 Å². The van der Waals surface area contributed by atoms with Crippen molar-refractivity contribution in [1.29, 1.82) is 0 Å². The Hall–Kier alpha value is -3.14. The fourth-order valence-corrected chi connectivity index (χ4v) is 5.29. The van der Waals surface area contributed by atoms with Gasteiger partial charge in [-0.1, -0.05) is 30.0 Å². The first-order chi connectivity index (χ1) is 17.2. The van der Waals surface area contributed by atoms with Crippen LogP contribution in [0.2, 0.25) is 0 Å². The van der Waals surface area contributed by atoms with Crippen molar-refractivity contribution in [2.75, 3.05) is 26.9 Å². The van der Waals surface area contributed by atoms with Crippen LogP contribution in [0.4, 0.5) is 0 Å². The molecule has 1 saturated carbocycles. The van der Waals surface area contributed by atoms with Gasteiger partial charge in [-0.25, -0.2) is 4.79 Å². The van der Waals surface area contributed by atoms with Crippen LogP contribution in [-0.2, 0) is 42.9 Å². The van der Waals surface area contributed by atoms with Crippen molar-refractivity contribution in [3.05, 3.63) is 41.3 Å². The van der Waals surface area contributed by atoms with Gasteiger partial charge in [0.05, 0.1) is 26.9 Å². The van der Waals surface area contributed by atoms with Crippen LogP contribution in [0.1, 0.15) is 40.0 Å². The van der Waals surface area contributed by atoms with Gasteiger partial charge in [0.1, 0.15) is 11.7 Å². The fourth-order valence-electron chi connectivity index (χ4n) is 4.28. The lowest BCUT2D eigenvalue weighted by Crippen LogP contribution is -2.56. The molecule has 0 bridgehead atoms. The Bertz CT molecular complexity index is 968. The summed E-state index contributed by atoms with van der Waals surface area (Å²) in [7, 11) is 1.22. The van der Waals surface area contributed by atoms with Crippen LogP contribution < -0.4 is 0 Å². The third-order valence-electron chi connectivity index (χ3n) is 5.86. The van der Waals surface area contributed by atoms with Crippen molar-refractivity contribution in [1.82, 2.24) is 0 Å². The molecule has 36 heavy (non-hydrogen) atoms. The van der Waals surface area contributed by atoms with Crippen molar-refractivity contribution in [3.63, 3.8) is 0 Å². The average Bonchev–Trinajstić information content (AvgIpc) is 2.85. The monoisotopic (exact) mass is 520 g/mol. The minimum atomic E-state index is -1.94. The molecule has 1 aromatic rings. The summed E-state index contributed by atoms with van der Waals surface area (Å²) >= 11 is 1.20. The van der Waals surface area contributed by atoms with Crippen LogP contribution >= 0.6 is 11.8 Å². The van der Waals surface area contributed by atoms with E-state index in [-0.39, 0.29) is 39.1 Å². The van der Waals surface area contributed by atoms with Crippen LogP contribution in [-0.4, -0.2) is 56.6 Å². The van der Waals surface area contributed by atoms with E-state index in [1.165, 1.54) is 24.9 Å². The number of esters is 4. The van der Waals surface area contributed by atoms with E-state index in [0.29, 0.717) is 4.91 Å². The molecule has 2 rings (SSSR count). The zero-order chi connectivity index (χ0) is 26.7. The van der Waals surface area contributed by atoms with Crippen LogP contribution in [0.15, 0.2) is 46.2 Å². The minimum absolute atomic E-state index is 0.00473. The van der Waals surface area contributed by atoms with Crippen molar-refractivity contribution >= 4 is 41.4 Å². The zero-order valence-corrected chi connectivity index (χ0v) is 21.8. The Morgan fingerprint density at radius 3 is 2.08 bits per heavy atom. The van der Waals surface area contributed by atoms with Gasteiger partial charge in [0.15, 0.2) is 5.41 Å². The Balaban J connectivity index is 2.70. The number of carbonyl (C=O) groups excluding carboxylic acids is 5. The molecule has 0 N–H and O–H groups in total. The largest absolute Gasteiger partial charge is 0.466 e. The molecule has 0 spiro atoms. The normalized spacial score (nSPS) is 19.2. The van der Waals surface area contributed by atoms with Crippen molar-refractivity contribution in [3.8, 4) is 0 Å². The molecule has 0 radical (unpaired) electrons. The molecule has 10 heteroatoms.